The molecule has 0 spiro atoms. The number of benzene rings is 2. The molecule has 2 aromatic carbocycles. The van der Waals surface area contributed by atoms with Crippen molar-refractivity contribution in [3.05, 3.63) is 56.5 Å². The van der Waals surface area contributed by atoms with Crippen molar-refractivity contribution in [2.45, 2.75) is 39.7 Å². The summed E-state index contributed by atoms with van der Waals surface area (Å²) >= 11 is 6.79. The molecule has 2 aromatic rings. The van der Waals surface area contributed by atoms with Gasteiger partial charge in [0, 0.05) is 21.5 Å². The molecule has 0 saturated heterocycles. The first-order chi connectivity index (χ1) is 14.8. The van der Waals surface area contributed by atoms with Crippen LogP contribution < -0.4 is 20.1 Å². The lowest BCUT2D eigenvalue weighted by Crippen LogP contribution is -2.42. The molecule has 6 nitrogen and oxygen atoms in total. The number of amides is 2. The van der Waals surface area contributed by atoms with Gasteiger partial charge in [-0.05, 0) is 56.2 Å². The summed E-state index contributed by atoms with van der Waals surface area (Å²) in [6.07, 6.45) is 1.69. The number of hydrogen-bond donors (Lipinski definition) is 2. The first kappa shape index (κ1) is 25.2. The Hall–Kier alpha value is -2.06. The Morgan fingerprint density at radius 1 is 0.871 bits per heavy atom. The number of carbonyl (C=O) groups excluding carboxylic acids is 2. The normalized spacial score (nSPS) is 11.5. The van der Waals surface area contributed by atoms with Crippen molar-refractivity contribution in [2.24, 2.45) is 0 Å². The van der Waals surface area contributed by atoms with Crippen LogP contribution in [0.3, 0.4) is 0 Å². The van der Waals surface area contributed by atoms with E-state index in [1.54, 1.807) is 24.3 Å². The molecule has 2 N–H and O–H groups in total. The van der Waals surface area contributed by atoms with E-state index in [0.29, 0.717) is 35.8 Å². The maximum Gasteiger partial charge on any atom is 0.255 e. The van der Waals surface area contributed by atoms with Gasteiger partial charge in [0.05, 0.1) is 24.3 Å². The predicted molar refractivity (Wildman–Crippen MR) is 129 cm³/mol. The second-order valence-corrected chi connectivity index (χ2v) is 8.89. The minimum atomic E-state index is -0.290. The standard InChI is InChI=1S/C23H28Br2N2O4/c1-4-10-30-20-8-6-16(24)12-18(20)22(28)26-14-15(3)27-23(29)19-13-17(25)7-9-21(19)31-11-5-2/h6-9,12-13,15H,4-5,10-11,14H2,1-3H3,(H,26,28)(H,27,29). The fourth-order valence-electron chi connectivity index (χ4n) is 2.73. The predicted octanol–water partition coefficient (Wildman–Crippen LogP) is 5.34. The van der Waals surface area contributed by atoms with Crippen LogP contribution in [-0.4, -0.2) is 37.6 Å². The van der Waals surface area contributed by atoms with E-state index >= 15 is 0 Å². The topological polar surface area (TPSA) is 76.7 Å². The molecule has 2 rings (SSSR count). The third-order valence-electron chi connectivity index (χ3n) is 4.24. The number of rotatable bonds is 11. The molecule has 1 atom stereocenters. The van der Waals surface area contributed by atoms with Gasteiger partial charge < -0.3 is 20.1 Å². The van der Waals surface area contributed by atoms with Gasteiger partial charge in [0.25, 0.3) is 11.8 Å². The van der Waals surface area contributed by atoms with Crippen LogP contribution in [-0.2, 0) is 0 Å². The SMILES string of the molecule is CCCOc1ccc(Br)cc1C(=O)NCC(C)NC(=O)c1cc(Br)ccc1OCCC. The van der Waals surface area contributed by atoms with Crippen LogP contribution in [0.5, 0.6) is 11.5 Å². The Morgan fingerprint density at radius 2 is 1.35 bits per heavy atom. The molecule has 0 radical (unpaired) electrons. The molecule has 0 saturated carbocycles. The Bertz CT molecular complexity index is 905. The van der Waals surface area contributed by atoms with Gasteiger partial charge in [-0.2, -0.15) is 0 Å². The Morgan fingerprint density at radius 3 is 1.84 bits per heavy atom. The molecule has 0 aromatic heterocycles. The summed E-state index contributed by atoms with van der Waals surface area (Å²) < 4.78 is 12.9. The van der Waals surface area contributed by atoms with E-state index in [2.05, 4.69) is 42.5 Å². The maximum atomic E-state index is 12.8. The molecule has 0 bridgehead atoms. The van der Waals surface area contributed by atoms with Gasteiger partial charge in [-0.15, -0.1) is 0 Å². The zero-order valence-electron chi connectivity index (χ0n) is 18.0. The van der Waals surface area contributed by atoms with Crippen molar-refractivity contribution >= 4 is 43.7 Å². The average molecular weight is 556 g/mol. The zero-order chi connectivity index (χ0) is 22.8. The summed E-state index contributed by atoms with van der Waals surface area (Å²) in [7, 11) is 0. The molecule has 168 valence electrons. The highest BCUT2D eigenvalue weighted by Crippen LogP contribution is 2.24. The van der Waals surface area contributed by atoms with E-state index in [1.807, 2.05) is 32.9 Å². The van der Waals surface area contributed by atoms with Crippen molar-refractivity contribution in [3.8, 4) is 11.5 Å². The van der Waals surface area contributed by atoms with Gasteiger partial charge in [0.2, 0.25) is 0 Å². The van der Waals surface area contributed by atoms with Gasteiger partial charge in [-0.25, -0.2) is 0 Å². The second kappa shape index (κ2) is 12.7. The molecule has 0 fully saturated rings. The summed E-state index contributed by atoms with van der Waals surface area (Å²) in [4.78, 5) is 25.5. The molecular formula is C23H28Br2N2O4. The van der Waals surface area contributed by atoms with Crippen molar-refractivity contribution < 1.29 is 19.1 Å². The number of carbonyl (C=O) groups is 2. The summed E-state index contributed by atoms with van der Waals surface area (Å²) in [5.74, 6) is 0.545. The first-order valence-electron chi connectivity index (χ1n) is 10.3. The lowest BCUT2D eigenvalue weighted by atomic mass is 10.1. The fraction of sp³-hybridized carbons (Fsp3) is 0.391. The number of halogens is 2. The Balaban J connectivity index is 2.00. The Labute approximate surface area is 200 Å². The van der Waals surface area contributed by atoms with Crippen LogP contribution in [0.1, 0.15) is 54.3 Å². The fourth-order valence-corrected chi connectivity index (χ4v) is 3.45. The lowest BCUT2D eigenvalue weighted by Gasteiger charge is -2.17. The number of ether oxygens (including phenoxy) is 2. The van der Waals surface area contributed by atoms with E-state index in [9.17, 15) is 9.59 Å². The number of hydrogen-bond acceptors (Lipinski definition) is 4. The highest BCUT2D eigenvalue weighted by atomic mass is 79.9. The summed E-state index contributed by atoms with van der Waals surface area (Å²) in [6.45, 7) is 7.17. The summed E-state index contributed by atoms with van der Waals surface area (Å²) in [5, 5.41) is 5.78. The van der Waals surface area contributed by atoms with E-state index in [1.165, 1.54) is 0 Å². The van der Waals surface area contributed by atoms with E-state index in [-0.39, 0.29) is 24.4 Å². The third kappa shape index (κ3) is 7.85. The quantitative estimate of drug-likeness (QED) is 0.392. The van der Waals surface area contributed by atoms with Crippen molar-refractivity contribution in [1.82, 2.24) is 10.6 Å². The largest absolute Gasteiger partial charge is 0.493 e. The van der Waals surface area contributed by atoms with Gasteiger partial charge in [-0.3, -0.25) is 9.59 Å². The molecule has 2 amide bonds. The van der Waals surface area contributed by atoms with Gasteiger partial charge in [0.15, 0.2) is 0 Å². The van der Waals surface area contributed by atoms with Crippen molar-refractivity contribution in [1.29, 1.82) is 0 Å². The van der Waals surface area contributed by atoms with Crippen LogP contribution in [0, 0.1) is 0 Å². The van der Waals surface area contributed by atoms with E-state index in [0.717, 1.165) is 21.8 Å². The molecule has 1 unspecified atom stereocenters. The highest BCUT2D eigenvalue weighted by molar-refractivity contribution is 9.10. The van der Waals surface area contributed by atoms with Crippen molar-refractivity contribution in [3.63, 3.8) is 0 Å². The zero-order valence-corrected chi connectivity index (χ0v) is 21.1. The van der Waals surface area contributed by atoms with Crippen LogP contribution in [0.4, 0.5) is 0 Å². The summed E-state index contributed by atoms with van der Waals surface area (Å²) in [5.41, 5.74) is 0.895. The molecule has 8 heteroatoms. The molecular weight excluding hydrogens is 528 g/mol. The molecule has 0 aliphatic heterocycles. The molecule has 0 aliphatic carbocycles. The molecule has 31 heavy (non-hydrogen) atoms. The average Bonchev–Trinajstić information content (AvgIpc) is 2.75. The van der Waals surface area contributed by atoms with E-state index < -0.39 is 0 Å². The first-order valence-corrected chi connectivity index (χ1v) is 11.9. The van der Waals surface area contributed by atoms with Crippen molar-refractivity contribution in [2.75, 3.05) is 19.8 Å². The summed E-state index contributed by atoms with van der Waals surface area (Å²) in [6, 6.07) is 10.4. The minimum absolute atomic E-state index is 0.261. The maximum absolute atomic E-state index is 12.8. The van der Waals surface area contributed by atoms with Crippen LogP contribution >= 0.6 is 31.9 Å². The van der Waals surface area contributed by atoms with Crippen LogP contribution in [0.25, 0.3) is 0 Å². The van der Waals surface area contributed by atoms with Gasteiger partial charge >= 0.3 is 0 Å². The van der Waals surface area contributed by atoms with Gasteiger partial charge in [-0.1, -0.05) is 45.7 Å². The molecule has 0 heterocycles. The van der Waals surface area contributed by atoms with E-state index in [4.69, 9.17) is 9.47 Å². The monoisotopic (exact) mass is 554 g/mol. The smallest absolute Gasteiger partial charge is 0.255 e. The highest BCUT2D eigenvalue weighted by Gasteiger charge is 2.18. The molecule has 0 aliphatic rings. The minimum Gasteiger partial charge on any atom is -0.493 e. The second-order valence-electron chi connectivity index (χ2n) is 7.06. The van der Waals surface area contributed by atoms with Crippen LogP contribution in [0.15, 0.2) is 45.3 Å². The number of nitrogens with one attached hydrogen (secondary N) is 2. The third-order valence-corrected chi connectivity index (χ3v) is 5.23. The lowest BCUT2D eigenvalue weighted by molar-refractivity contribution is 0.0907. The van der Waals surface area contributed by atoms with Crippen LogP contribution in [0.2, 0.25) is 0 Å². The Kier molecular flexibility index (Phi) is 10.3. The van der Waals surface area contributed by atoms with Gasteiger partial charge in [0.1, 0.15) is 11.5 Å².